The molecular weight excluding hydrogens is 428 g/mol. The number of fused-ring (bicyclic) bond motifs is 3. The Hall–Kier alpha value is -3.42. The molecule has 0 unspecified atom stereocenters. The maximum atomic E-state index is 9.42. The van der Waals surface area contributed by atoms with Gasteiger partial charge in [0, 0.05) is 22.6 Å². The van der Waals surface area contributed by atoms with E-state index in [1.54, 1.807) is 6.20 Å². The molecule has 6 nitrogen and oxygen atoms in total. The average molecular weight is 445 g/mol. The maximum absolute atomic E-state index is 9.42. The van der Waals surface area contributed by atoms with Crippen LogP contribution in [0.2, 0.25) is 0 Å². The molecule has 0 aliphatic heterocycles. The first kappa shape index (κ1) is 18.9. The standard InChI is InChI=1S/C22H17BrN6/c1-22(2,12-24)14-4-7-16(8-5-14)29-20-17-10-15(23)6-9-18(17)26-11-19(20)28(3)21(29)27-13-25/h4-11H,1-3H3. The Morgan fingerprint density at radius 3 is 2.48 bits per heavy atom. The second-order valence-corrected chi connectivity index (χ2v) is 8.26. The molecule has 4 aromatic rings. The highest BCUT2D eigenvalue weighted by atomic mass is 79.9. The zero-order chi connectivity index (χ0) is 20.8. The third kappa shape index (κ3) is 3.00. The minimum Gasteiger partial charge on any atom is -0.311 e. The van der Waals surface area contributed by atoms with Crippen LogP contribution in [0.25, 0.3) is 27.6 Å². The van der Waals surface area contributed by atoms with Gasteiger partial charge in [-0.25, -0.2) is 0 Å². The van der Waals surface area contributed by atoms with E-state index in [0.29, 0.717) is 5.62 Å². The Kier molecular flexibility index (Phi) is 4.49. The number of aromatic nitrogens is 3. The second-order valence-electron chi connectivity index (χ2n) is 7.34. The number of aryl methyl sites for hydroxylation is 1. The van der Waals surface area contributed by atoms with Crippen LogP contribution >= 0.6 is 15.9 Å². The Labute approximate surface area is 176 Å². The zero-order valence-electron chi connectivity index (χ0n) is 16.2. The van der Waals surface area contributed by atoms with Crippen molar-refractivity contribution in [1.82, 2.24) is 14.1 Å². The van der Waals surface area contributed by atoms with Crippen molar-refractivity contribution in [2.45, 2.75) is 19.3 Å². The third-order valence-electron chi connectivity index (χ3n) is 5.14. The van der Waals surface area contributed by atoms with E-state index >= 15 is 0 Å². The monoisotopic (exact) mass is 444 g/mol. The first-order valence-electron chi connectivity index (χ1n) is 8.98. The Morgan fingerprint density at radius 1 is 1.10 bits per heavy atom. The normalized spacial score (nSPS) is 12.3. The minimum absolute atomic E-state index is 0.504. The van der Waals surface area contributed by atoms with E-state index in [2.05, 4.69) is 32.0 Å². The summed E-state index contributed by atoms with van der Waals surface area (Å²) in [5.41, 5.74) is 4.34. The first-order chi connectivity index (χ1) is 13.9. The molecule has 0 atom stereocenters. The van der Waals surface area contributed by atoms with E-state index in [9.17, 15) is 10.5 Å². The minimum atomic E-state index is -0.580. The topological polar surface area (TPSA) is 82.7 Å². The molecule has 2 aromatic carbocycles. The van der Waals surface area contributed by atoms with Gasteiger partial charge in [0.2, 0.25) is 11.8 Å². The molecule has 29 heavy (non-hydrogen) atoms. The fraction of sp³-hybridized carbons (Fsp3) is 0.182. The lowest BCUT2D eigenvalue weighted by molar-refractivity contribution is 0.686. The van der Waals surface area contributed by atoms with Crippen LogP contribution in [-0.2, 0) is 12.5 Å². The van der Waals surface area contributed by atoms with Crippen molar-refractivity contribution in [1.29, 1.82) is 10.5 Å². The number of nitrogens with zero attached hydrogens (tertiary/aromatic N) is 6. The van der Waals surface area contributed by atoms with Crippen LogP contribution in [-0.4, -0.2) is 14.1 Å². The average Bonchev–Trinajstić information content (AvgIpc) is 3.01. The van der Waals surface area contributed by atoms with Gasteiger partial charge in [-0.15, -0.1) is 4.99 Å². The lowest BCUT2D eigenvalue weighted by atomic mass is 9.86. The summed E-state index contributed by atoms with van der Waals surface area (Å²) in [6, 6.07) is 16.0. The summed E-state index contributed by atoms with van der Waals surface area (Å²) in [6.45, 7) is 3.78. The van der Waals surface area contributed by atoms with Gasteiger partial charge in [-0.05, 0) is 49.7 Å². The van der Waals surface area contributed by atoms with Crippen LogP contribution in [0.3, 0.4) is 0 Å². The number of benzene rings is 2. The number of hydrogen-bond donors (Lipinski definition) is 0. The lowest BCUT2D eigenvalue weighted by Gasteiger charge is -2.16. The molecule has 142 valence electrons. The van der Waals surface area contributed by atoms with Crippen molar-refractivity contribution < 1.29 is 0 Å². The maximum Gasteiger partial charge on any atom is 0.226 e. The summed E-state index contributed by atoms with van der Waals surface area (Å²) in [7, 11) is 1.87. The molecule has 7 heteroatoms. The van der Waals surface area contributed by atoms with Crippen molar-refractivity contribution in [3.63, 3.8) is 0 Å². The number of rotatable bonds is 2. The van der Waals surface area contributed by atoms with E-state index in [1.807, 2.05) is 78.7 Å². The van der Waals surface area contributed by atoms with Crippen molar-refractivity contribution in [3.8, 4) is 17.9 Å². The highest BCUT2D eigenvalue weighted by Gasteiger charge is 2.20. The molecule has 4 rings (SSSR count). The molecule has 0 saturated carbocycles. The second kappa shape index (κ2) is 6.88. The van der Waals surface area contributed by atoms with E-state index in [4.69, 9.17) is 0 Å². The van der Waals surface area contributed by atoms with Gasteiger partial charge < -0.3 is 4.57 Å². The van der Waals surface area contributed by atoms with Crippen molar-refractivity contribution in [3.05, 3.63) is 64.3 Å². The fourth-order valence-electron chi connectivity index (χ4n) is 3.48. The molecular formula is C22H17BrN6. The van der Waals surface area contributed by atoms with Crippen LogP contribution in [0.4, 0.5) is 0 Å². The van der Waals surface area contributed by atoms with Crippen LogP contribution in [0.5, 0.6) is 0 Å². The number of imidazole rings is 1. The summed E-state index contributed by atoms with van der Waals surface area (Å²) in [5, 5.41) is 19.6. The number of nitriles is 2. The van der Waals surface area contributed by atoms with E-state index in [-0.39, 0.29) is 0 Å². The van der Waals surface area contributed by atoms with Crippen LogP contribution in [0.15, 0.2) is 58.1 Å². The van der Waals surface area contributed by atoms with Crippen molar-refractivity contribution in [2.75, 3.05) is 0 Å². The van der Waals surface area contributed by atoms with E-state index < -0.39 is 5.41 Å². The molecule has 0 aliphatic carbocycles. The predicted molar refractivity (Wildman–Crippen MR) is 115 cm³/mol. The van der Waals surface area contributed by atoms with Gasteiger partial charge in [0.05, 0.1) is 34.2 Å². The quantitative estimate of drug-likeness (QED) is 0.427. The molecule has 2 heterocycles. The summed E-state index contributed by atoms with van der Waals surface area (Å²) in [6.07, 6.45) is 3.71. The molecule has 0 bridgehead atoms. The third-order valence-corrected chi connectivity index (χ3v) is 5.64. The van der Waals surface area contributed by atoms with Gasteiger partial charge in [0.15, 0.2) is 0 Å². The molecule has 0 aliphatic rings. The highest BCUT2D eigenvalue weighted by Crippen LogP contribution is 2.29. The van der Waals surface area contributed by atoms with Crippen molar-refractivity contribution in [2.24, 2.45) is 12.0 Å². The Bertz CT molecular complexity index is 1410. The van der Waals surface area contributed by atoms with Gasteiger partial charge in [-0.3, -0.25) is 9.55 Å². The molecule has 0 N–H and O–H groups in total. The SMILES string of the molecule is Cn1c(=NC#N)n(-c2ccc(C(C)(C)C#N)cc2)c2c3cc(Br)ccc3ncc21. The fourth-order valence-corrected chi connectivity index (χ4v) is 3.85. The summed E-state index contributed by atoms with van der Waals surface area (Å²) < 4.78 is 4.76. The van der Waals surface area contributed by atoms with Crippen LogP contribution < -0.4 is 5.62 Å². The molecule has 0 radical (unpaired) electrons. The molecule has 0 spiro atoms. The Morgan fingerprint density at radius 2 is 1.83 bits per heavy atom. The highest BCUT2D eigenvalue weighted by molar-refractivity contribution is 9.10. The van der Waals surface area contributed by atoms with Gasteiger partial charge >= 0.3 is 0 Å². The molecule has 0 fully saturated rings. The first-order valence-corrected chi connectivity index (χ1v) is 9.77. The summed E-state index contributed by atoms with van der Waals surface area (Å²) >= 11 is 3.54. The smallest absolute Gasteiger partial charge is 0.226 e. The van der Waals surface area contributed by atoms with Crippen molar-refractivity contribution >= 4 is 37.9 Å². The van der Waals surface area contributed by atoms with Crippen LogP contribution in [0, 0.1) is 22.8 Å². The largest absolute Gasteiger partial charge is 0.311 e. The van der Waals surface area contributed by atoms with E-state index in [1.165, 1.54) is 0 Å². The molecule has 0 saturated heterocycles. The molecule has 0 amide bonds. The van der Waals surface area contributed by atoms with Gasteiger partial charge in [-0.2, -0.15) is 10.5 Å². The van der Waals surface area contributed by atoms with Gasteiger partial charge in [0.25, 0.3) is 0 Å². The lowest BCUT2D eigenvalue weighted by Crippen LogP contribution is -2.23. The predicted octanol–water partition coefficient (Wildman–Crippen LogP) is 4.46. The zero-order valence-corrected chi connectivity index (χ0v) is 17.8. The van der Waals surface area contributed by atoms with E-state index in [0.717, 1.165) is 37.7 Å². The summed E-state index contributed by atoms with van der Waals surface area (Å²) in [4.78, 5) is 8.64. The molecule has 2 aromatic heterocycles. The number of hydrogen-bond acceptors (Lipinski definition) is 4. The van der Waals surface area contributed by atoms with Gasteiger partial charge in [-0.1, -0.05) is 28.1 Å². The van der Waals surface area contributed by atoms with Crippen LogP contribution in [0.1, 0.15) is 19.4 Å². The van der Waals surface area contributed by atoms with Gasteiger partial charge in [0.1, 0.15) is 0 Å². The number of pyridine rings is 1. The summed E-state index contributed by atoms with van der Waals surface area (Å²) in [5.74, 6) is 0. The Balaban J connectivity index is 2.12. The number of halogens is 1.